The van der Waals surface area contributed by atoms with Crippen molar-refractivity contribution in [1.29, 1.82) is 0 Å². The van der Waals surface area contributed by atoms with Crippen molar-refractivity contribution in [3.63, 3.8) is 0 Å². The van der Waals surface area contributed by atoms with Gasteiger partial charge in [0.05, 0.1) is 0 Å². The lowest BCUT2D eigenvalue weighted by Crippen LogP contribution is -2.51. The van der Waals surface area contributed by atoms with Crippen LogP contribution in [0.25, 0.3) is 0 Å². The van der Waals surface area contributed by atoms with E-state index in [0.29, 0.717) is 0 Å². The van der Waals surface area contributed by atoms with Crippen molar-refractivity contribution in [2.75, 3.05) is 32.7 Å². The van der Waals surface area contributed by atoms with Gasteiger partial charge < -0.3 is 9.80 Å². The number of hydrogen-bond acceptors (Lipinski definition) is 2. The predicted molar refractivity (Wildman–Crippen MR) is 78.8 cm³/mol. The van der Waals surface area contributed by atoms with Crippen molar-refractivity contribution < 1.29 is 0 Å². The highest BCUT2D eigenvalue weighted by Crippen LogP contribution is 2.32. The van der Waals surface area contributed by atoms with Gasteiger partial charge in [0.1, 0.15) is 0 Å². The van der Waals surface area contributed by atoms with E-state index in [1.54, 1.807) is 0 Å². The van der Waals surface area contributed by atoms with E-state index in [1.807, 2.05) is 0 Å². The first kappa shape index (κ1) is 14.3. The summed E-state index contributed by atoms with van der Waals surface area (Å²) in [7, 11) is 0. The molecule has 2 heteroatoms. The van der Waals surface area contributed by atoms with E-state index in [0.717, 1.165) is 23.8 Å². The predicted octanol–water partition coefficient (Wildman–Crippen LogP) is 3.08. The topological polar surface area (TPSA) is 6.48 Å². The Morgan fingerprint density at radius 3 is 2.33 bits per heavy atom. The maximum atomic E-state index is 2.74. The fraction of sp³-hybridized carbons (Fsp3) is 1.00. The molecule has 106 valence electrons. The molecule has 2 nitrogen and oxygen atoms in total. The van der Waals surface area contributed by atoms with E-state index in [-0.39, 0.29) is 0 Å². The summed E-state index contributed by atoms with van der Waals surface area (Å²) in [5, 5.41) is 0. The molecule has 0 aliphatic carbocycles. The summed E-state index contributed by atoms with van der Waals surface area (Å²) in [6, 6.07) is 0.740. The number of rotatable bonds is 4. The largest absolute Gasteiger partial charge is 0.303 e. The molecule has 18 heavy (non-hydrogen) atoms. The van der Waals surface area contributed by atoms with Crippen LogP contribution in [0.15, 0.2) is 0 Å². The van der Waals surface area contributed by atoms with Gasteiger partial charge in [-0.15, -0.1) is 0 Å². The zero-order chi connectivity index (χ0) is 13.1. The first-order valence-corrected chi connectivity index (χ1v) is 8.06. The number of nitrogens with zero attached hydrogens (tertiary/aromatic N) is 2. The van der Waals surface area contributed by atoms with Crippen LogP contribution in [0.5, 0.6) is 0 Å². The summed E-state index contributed by atoms with van der Waals surface area (Å²) in [4.78, 5) is 5.42. The van der Waals surface area contributed by atoms with Crippen molar-refractivity contribution >= 4 is 0 Å². The maximum absolute atomic E-state index is 2.74. The Labute approximate surface area is 114 Å². The molecule has 2 aliphatic heterocycles. The fourth-order valence-electron chi connectivity index (χ4n) is 3.65. The van der Waals surface area contributed by atoms with Crippen molar-refractivity contribution in [2.24, 2.45) is 17.8 Å². The molecule has 3 atom stereocenters. The Balaban J connectivity index is 1.82. The van der Waals surface area contributed by atoms with Gasteiger partial charge in [-0.25, -0.2) is 0 Å². The normalized spacial score (nSPS) is 32.5. The minimum Gasteiger partial charge on any atom is -0.303 e. The lowest BCUT2D eigenvalue weighted by Gasteiger charge is -2.46. The number of likely N-dealkylation sites (tertiary alicyclic amines) is 2. The molecule has 2 fully saturated rings. The second-order valence-electron chi connectivity index (χ2n) is 6.96. The highest BCUT2D eigenvalue weighted by molar-refractivity contribution is 4.88. The van der Waals surface area contributed by atoms with Crippen LogP contribution in [-0.2, 0) is 0 Å². The van der Waals surface area contributed by atoms with Gasteiger partial charge in [-0.2, -0.15) is 0 Å². The molecule has 0 aromatic carbocycles. The third kappa shape index (κ3) is 3.48. The minimum absolute atomic E-state index is 0.740. The van der Waals surface area contributed by atoms with Crippen LogP contribution >= 0.6 is 0 Å². The Bertz CT molecular complexity index is 251. The molecular formula is C16H32N2. The zero-order valence-corrected chi connectivity index (χ0v) is 12.9. The number of piperidine rings is 2. The molecule has 0 saturated carbocycles. The van der Waals surface area contributed by atoms with Gasteiger partial charge in [-0.1, -0.05) is 20.3 Å². The van der Waals surface area contributed by atoms with E-state index in [9.17, 15) is 0 Å². The van der Waals surface area contributed by atoms with Gasteiger partial charge in [0.25, 0.3) is 0 Å². The lowest BCUT2D eigenvalue weighted by molar-refractivity contribution is 0.0257. The van der Waals surface area contributed by atoms with Gasteiger partial charge in [0.2, 0.25) is 0 Å². The summed E-state index contributed by atoms with van der Waals surface area (Å²) in [5.41, 5.74) is 0. The van der Waals surface area contributed by atoms with Crippen LogP contribution in [0.2, 0.25) is 0 Å². The average molecular weight is 252 g/mol. The highest BCUT2D eigenvalue weighted by Gasteiger charge is 2.34. The fourth-order valence-corrected chi connectivity index (χ4v) is 3.65. The van der Waals surface area contributed by atoms with Crippen LogP contribution in [0.3, 0.4) is 0 Å². The highest BCUT2D eigenvalue weighted by atomic mass is 15.2. The zero-order valence-electron chi connectivity index (χ0n) is 12.9. The summed E-state index contributed by atoms with van der Waals surface area (Å²) >= 11 is 0. The van der Waals surface area contributed by atoms with E-state index in [1.165, 1.54) is 52.0 Å². The molecule has 0 bridgehead atoms. The van der Waals surface area contributed by atoms with E-state index >= 15 is 0 Å². The Morgan fingerprint density at radius 2 is 1.67 bits per heavy atom. The molecule has 0 spiro atoms. The van der Waals surface area contributed by atoms with Gasteiger partial charge in [-0.3, -0.25) is 0 Å². The molecule has 0 amide bonds. The van der Waals surface area contributed by atoms with Crippen LogP contribution in [0, 0.1) is 17.8 Å². The molecular weight excluding hydrogens is 220 g/mol. The van der Waals surface area contributed by atoms with Gasteiger partial charge in [-0.05, 0) is 57.5 Å². The van der Waals surface area contributed by atoms with Gasteiger partial charge >= 0.3 is 0 Å². The standard InChI is InChI=1S/C16H32N2/c1-5-14(4)10-17-8-6-16-12-18(13(2)3)9-7-15(16)11-17/h13-16H,5-12H2,1-4H3. The van der Waals surface area contributed by atoms with E-state index < -0.39 is 0 Å². The molecule has 3 unspecified atom stereocenters. The summed E-state index contributed by atoms with van der Waals surface area (Å²) in [5.74, 6) is 2.84. The first-order valence-electron chi connectivity index (χ1n) is 8.06. The summed E-state index contributed by atoms with van der Waals surface area (Å²) in [6.07, 6.45) is 4.19. The molecule has 0 N–H and O–H groups in total. The lowest BCUT2D eigenvalue weighted by atomic mass is 9.79. The molecule has 0 aromatic heterocycles. The molecule has 0 aromatic rings. The molecule has 2 rings (SSSR count). The second kappa shape index (κ2) is 6.38. The van der Waals surface area contributed by atoms with Crippen molar-refractivity contribution in [2.45, 2.75) is 53.0 Å². The van der Waals surface area contributed by atoms with E-state index in [2.05, 4.69) is 37.5 Å². The molecule has 2 aliphatic rings. The van der Waals surface area contributed by atoms with Crippen molar-refractivity contribution in [3.8, 4) is 0 Å². The first-order chi connectivity index (χ1) is 8.60. The maximum Gasteiger partial charge on any atom is 0.00387 e. The monoisotopic (exact) mass is 252 g/mol. The van der Waals surface area contributed by atoms with Crippen molar-refractivity contribution in [3.05, 3.63) is 0 Å². The summed E-state index contributed by atoms with van der Waals surface area (Å²) in [6.45, 7) is 16.1. The Hall–Kier alpha value is -0.0800. The third-order valence-corrected chi connectivity index (χ3v) is 5.23. The van der Waals surface area contributed by atoms with Crippen LogP contribution in [0.4, 0.5) is 0 Å². The minimum atomic E-state index is 0.740. The number of fused-ring (bicyclic) bond motifs is 1. The Morgan fingerprint density at radius 1 is 1.00 bits per heavy atom. The Kier molecular flexibility index (Phi) is 5.08. The van der Waals surface area contributed by atoms with Crippen LogP contribution in [0.1, 0.15) is 47.0 Å². The SMILES string of the molecule is CCC(C)CN1CCC2CN(C(C)C)CCC2C1. The van der Waals surface area contributed by atoms with Crippen molar-refractivity contribution in [1.82, 2.24) is 9.80 Å². The smallest absolute Gasteiger partial charge is 0.00387 e. The second-order valence-corrected chi connectivity index (χ2v) is 6.96. The van der Waals surface area contributed by atoms with E-state index in [4.69, 9.17) is 0 Å². The van der Waals surface area contributed by atoms with Crippen LogP contribution < -0.4 is 0 Å². The summed E-state index contributed by atoms with van der Waals surface area (Å²) < 4.78 is 0. The molecule has 2 heterocycles. The van der Waals surface area contributed by atoms with Gasteiger partial charge in [0.15, 0.2) is 0 Å². The molecule has 0 radical (unpaired) electrons. The van der Waals surface area contributed by atoms with Crippen LogP contribution in [-0.4, -0.2) is 48.6 Å². The molecule has 2 saturated heterocycles. The van der Waals surface area contributed by atoms with Gasteiger partial charge in [0, 0.05) is 25.7 Å². The number of hydrogen-bond donors (Lipinski definition) is 0. The third-order valence-electron chi connectivity index (χ3n) is 5.23. The quantitative estimate of drug-likeness (QED) is 0.758. The average Bonchev–Trinajstić information content (AvgIpc) is 2.37.